The molecular formula is C54H36N2O. The van der Waals surface area contributed by atoms with E-state index >= 15 is 0 Å². The first-order valence-corrected chi connectivity index (χ1v) is 19.4. The van der Waals surface area contributed by atoms with Crippen molar-refractivity contribution in [3.8, 4) is 39.1 Å². The number of para-hydroxylation sites is 6. The van der Waals surface area contributed by atoms with E-state index in [9.17, 15) is 0 Å². The summed E-state index contributed by atoms with van der Waals surface area (Å²) in [7, 11) is 0. The number of aromatic nitrogens is 1. The molecule has 0 fully saturated rings. The molecule has 2 aromatic heterocycles. The van der Waals surface area contributed by atoms with Crippen molar-refractivity contribution in [1.82, 2.24) is 4.57 Å². The first-order valence-electron chi connectivity index (χ1n) is 19.4. The number of anilines is 3. The number of rotatable bonds is 7. The third kappa shape index (κ3) is 5.51. The molecule has 3 nitrogen and oxygen atoms in total. The smallest absolute Gasteiger partial charge is 0.159 e. The highest BCUT2D eigenvalue weighted by Crippen LogP contribution is 2.46. The summed E-state index contributed by atoms with van der Waals surface area (Å²) >= 11 is 0. The van der Waals surface area contributed by atoms with Crippen molar-refractivity contribution in [2.75, 3.05) is 4.90 Å². The minimum absolute atomic E-state index is 0.861. The molecule has 11 rings (SSSR count). The Kier molecular flexibility index (Phi) is 7.82. The van der Waals surface area contributed by atoms with E-state index < -0.39 is 0 Å². The van der Waals surface area contributed by atoms with Crippen LogP contribution in [0.2, 0.25) is 0 Å². The molecule has 9 aromatic carbocycles. The fourth-order valence-electron chi connectivity index (χ4n) is 8.61. The van der Waals surface area contributed by atoms with E-state index in [-0.39, 0.29) is 0 Å². The molecule has 0 aliphatic carbocycles. The predicted molar refractivity (Wildman–Crippen MR) is 239 cm³/mol. The first-order chi connectivity index (χ1) is 28.3. The molecule has 0 atom stereocenters. The van der Waals surface area contributed by atoms with Crippen LogP contribution >= 0.6 is 0 Å². The van der Waals surface area contributed by atoms with Gasteiger partial charge in [0.15, 0.2) is 5.58 Å². The molecular weight excluding hydrogens is 693 g/mol. The van der Waals surface area contributed by atoms with Crippen molar-refractivity contribution in [3.05, 3.63) is 218 Å². The third-order valence-corrected chi connectivity index (χ3v) is 11.2. The molecule has 0 aliphatic rings. The van der Waals surface area contributed by atoms with Crippen LogP contribution in [0.5, 0.6) is 0 Å². The molecule has 0 amide bonds. The number of hydrogen-bond acceptors (Lipinski definition) is 2. The lowest BCUT2D eigenvalue weighted by Gasteiger charge is -2.28. The van der Waals surface area contributed by atoms with Gasteiger partial charge in [-0.2, -0.15) is 0 Å². The summed E-state index contributed by atoms with van der Waals surface area (Å²) in [5.41, 5.74) is 15.4. The van der Waals surface area contributed by atoms with E-state index in [1.165, 1.54) is 32.9 Å². The fourth-order valence-corrected chi connectivity index (χ4v) is 8.61. The Balaban J connectivity index is 1.03. The summed E-state index contributed by atoms with van der Waals surface area (Å²) in [4.78, 5) is 2.34. The van der Waals surface area contributed by atoms with Gasteiger partial charge in [0.1, 0.15) is 5.58 Å². The van der Waals surface area contributed by atoms with Gasteiger partial charge in [-0.3, -0.25) is 0 Å². The summed E-state index contributed by atoms with van der Waals surface area (Å²) in [5.74, 6) is 0. The fraction of sp³-hybridized carbons (Fsp3) is 0. The number of hydrogen-bond donors (Lipinski definition) is 0. The zero-order valence-electron chi connectivity index (χ0n) is 31.1. The first kappa shape index (κ1) is 32.8. The highest BCUT2D eigenvalue weighted by atomic mass is 16.3. The van der Waals surface area contributed by atoms with E-state index in [0.29, 0.717) is 0 Å². The Bertz CT molecular complexity index is 3190. The van der Waals surface area contributed by atoms with E-state index in [1.54, 1.807) is 0 Å². The molecule has 0 N–H and O–H groups in total. The SMILES string of the molecule is c1ccc(-c2ccccc2N(c2ccc(-c3cccc(-c4ccccc4-n4c5ccccc5c5ccccc54)c3)cc2)c2cccc3c2oc2ccccc23)cc1. The summed E-state index contributed by atoms with van der Waals surface area (Å²) in [6.45, 7) is 0. The monoisotopic (exact) mass is 728 g/mol. The van der Waals surface area contributed by atoms with Crippen molar-refractivity contribution in [2.24, 2.45) is 0 Å². The van der Waals surface area contributed by atoms with Crippen LogP contribution in [0.3, 0.4) is 0 Å². The minimum Gasteiger partial charge on any atom is -0.454 e. The molecule has 0 radical (unpaired) electrons. The lowest BCUT2D eigenvalue weighted by Crippen LogP contribution is -2.11. The quantitative estimate of drug-likeness (QED) is 0.163. The lowest BCUT2D eigenvalue weighted by atomic mass is 9.97. The van der Waals surface area contributed by atoms with Gasteiger partial charge in [-0.1, -0.05) is 164 Å². The second-order valence-electron chi connectivity index (χ2n) is 14.5. The maximum absolute atomic E-state index is 6.64. The van der Waals surface area contributed by atoms with E-state index in [4.69, 9.17) is 4.42 Å². The Hall–Kier alpha value is -7.62. The van der Waals surface area contributed by atoms with Crippen molar-refractivity contribution in [3.63, 3.8) is 0 Å². The minimum atomic E-state index is 0.861. The summed E-state index contributed by atoms with van der Waals surface area (Å²) in [6.07, 6.45) is 0. The molecule has 0 unspecified atom stereocenters. The van der Waals surface area contributed by atoms with Crippen LogP contribution in [0.25, 0.3) is 82.8 Å². The van der Waals surface area contributed by atoms with Crippen molar-refractivity contribution >= 4 is 60.8 Å². The van der Waals surface area contributed by atoms with Crippen LogP contribution in [-0.4, -0.2) is 4.57 Å². The normalized spacial score (nSPS) is 11.5. The number of fused-ring (bicyclic) bond motifs is 6. The Labute approximate surface area is 330 Å². The number of benzene rings is 9. The number of furan rings is 1. The molecule has 3 heteroatoms. The lowest BCUT2D eigenvalue weighted by molar-refractivity contribution is 0.669. The highest BCUT2D eigenvalue weighted by molar-refractivity contribution is 6.11. The van der Waals surface area contributed by atoms with Crippen LogP contribution in [0, 0.1) is 0 Å². The van der Waals surface area contributed by atoms with Gasteiger partial charge in [0.05, 0.1) is 28.1 Å². The van der Waals surface area contributed by atoms with Crippen molar-refractivity contribution < 1.29 is 4.42 Å². The van der Waals surface area contributed by atoms with E-state index in [2.05, 4.69) is 216 Å². The van der Waals surface area contributed by atoms with Gasteiger partial charge in [0.2, 0.25) is 0 Å². The van der Waals surface area contributed by atoms with Gasteiger partial charge in [0, 0.05) is 38.4 Å². The van der Waals surface area contributed by atoms with E-state index in [0.717, 1.165) is 66.9 Å². The van der Waals surface area contributed by atoms with E-state index in [1.807, 2.05) is 12.1 Å². The van der Waals surface area contributed by atoms with Gasteiger partial charge < -0.3 is 13.9 Å². The molecule has 2 heterocycles. The highest BCUT2D eigenvalue weighted by Gasteiger charge is 2.22. The van der Waals surface area contributed by atoms with Gasteiger partial charge in [-0.15, -0.1) is 0 Å². The largest absolute Gasteiger partial charge is 0.454 e. The predicted octanol–water partition coefficient (Wildman–Crippen LogP) is 15.2. The molecule has 57 heavy (non-hydrogen) atoms. The Morgan fingerprint density at radius 1 is 0.351 bits per heavy atom. The van der Waals surface area contributed by atoms with Gasteiger partial charge in [0.25, 0.3) is 0 Å². The number of nitrogens with zero attached hydrogens (tertiary/aromatic N) is 2. The van der Waals surface area contributed by atoms with Gasteiger partial charge in [-0.05, 0) is 76.9 Å². The van der Waals surface area contributed by atoms with Crippen LogP contribution in [0.15, 0.2) is 223 Å². The molecule has 0 aliphatic heterocycles. The van der Waals surface area contributed by atoms with Gasteiger partial charge in [-0.25, -0.2) is 0 Å². The van der Waals surface area contributed by atoms with Crippen LogP contribution in [0.1, 0.15) is 0 Å². The topological polar surface area (TPSA) is 21.3 Å². The average Bonchev–Trinajstić information content (AvgIpc) is 3.84. The Morgan fingerprint density at radius 3 is 1.70 bits per heavy atom. The summed E-state index contributed by atoms with van der Waals surface area (Å²) in [6, 6.07) is 78.0. The maximum atomic E-state index is 6.64. The second kappa shape index (κ2) is 13.6. The summed E-state index contributed by atoms with van der Waals surface area (Å²) < 4.78 is 9.05. The van der Waals surface area contributed by atoms with Crippen molar-refractivity contribution in [1.29, 1.82) is 0 Å². The molecule has 268 valence electrons. The van der Waals surface area contributed by atoms with Gasteiger partial charge >= 0.3 is 0 Å². The van der Waals surface area contributed by atoms with Crippen LogP contribution in [0.4, 0.5) is 17.1 Å². The molecule has 0 bridgehead atoms. The van der Waals surface area contributed by atoms with Crippen LogP contribution < -0.4 is 4.90 Å². The standard InChI is InChI=1S/C54H36N2O/c1-2-16-38(17-3-1)42-20-4-9-26-48(42)55(52-30-15-25-47-46-24-8-13-31-53(46)57-54(47)52)41-34-32-37(33-35-41)39-18-14-19-40(36-39)43-21-5-10-27-49(43)56-50-28-11-6-22-44(50)45-23-7-12-29-51(45)56/h1-36H. The Morgan fingerprint density at radius 2 is 0.912 bits per heavy atom. The van der Waals surface area contributed by atoms with Crippen LogP contribution in [-0.2, 0) is 0 Å². The molecule has 0 spiro atoms. The molecule has 0 saturated heterocycles. The zero-order chi connectivity index (χ0) is 37.7. The molecule has 0 saturated carbocycles. The average molecular weight is 729 g/mol. The second-order valence-corrected chi connectivity index (χ2v) is 14.5. The maximum Gasteiger partial charge on any atom is 0.159 e. The third-order valence-electron chi connectivity index (χ3n) is 11.2. The zero-order valence-corrected chi connectivity index (χ0v) is 31.1. The summed E-state index contributed by atoms with van der Waals surface area (Å²) in [5, 5.41) is 4.72. The molecule has 11 aromatic rings. The van der Waals surface area contributed by atoms with Crippen molar-refractivity contribution in [2.45, 2.75) is 0 Å².